The highest BCUT2D eigenvalue weighted by atomic mass is 16.1. The van der Waals surface area contributed by atoms with Crippen LogP contribution >= 0.6 is 0 Å². The molecule has 0 bridgehead atoms. The van der Waals surface area contributed by atoms with Crippen molar-refractivity contribution in [2.24, 2.45) is 0 Å². The minimum absolute atomic E-state index is 0.651. The number of carbonyl (C=O) groups excluding carboxylic acids is 1. The summed E-state index contributed by atoms with van der Waals surface area (Å²) >= 11 is 0. The van der Waals surface area contributed by atoms with Gasteiger partial charge in [-0.05, 0) is 61.1 Å². The molecule has 3 rings (SSSR count). The number of nitrogens with one attached hydrogen (secondary N) is 3. The van der Waals surface area contributed by atoms with E-state index in [0.29, 0.717) is 5.69 Å². The summed E-state index contributed by atoms with van der Waals surface area (Å²) < 4.78 is 0. The van der Waals surface area contributed by atoms with Gasteiger partial charge in [-0.15, -0.1) is 0 Å². The lowest BCUT2D eigenvalue weighted by Gasteiger charge is -2.04. The maximum atomic E-state index is 11.3. The second-order valence-electron chi connectivity index (χ2n) is 8.03. The third kappa shape index (κ3) is 5.53. The van der Waals surface area contributed by atoms with Crippen LogP contribution in [0.15, 0.2) is 30.5 Å². The zero-order chi connectivity index (χ0) is 20.5. The number of aldehydes is 1. The van der Waals surface area contributed by atoms with Crippen molar-refractivity contribution in [2.75, 3.05) is 0 Å². The van der Waals surface area contributed by atoms with Gasteiger partial charge in [-0.25, -0.2) is 0 Å². The fourth-order valence-electron chi connectivity index (χ4n) is 4.05. The van der Waals surface area contributed by atoms with E-state index in [1.807, 2.05) is 12.3 Å². The van der Waals surface area contributed by atoms with Crippen LogP contribution in [0.3, 0.4) is 0 Å². The number of hydrogen-bond acceptors (Lipinski definition) is 1. The molecule has 0 saturated carbocycles. The van der Waals surface area contributed by atoms with Crippen LogP contribution in [-0.2, 0) is 12.8 Å². The molecule has 0 aliphatic carbocycles. The van der Waals surface area contributed by atoms with E-state index >= 15 is 0 Å². The predicted octanol–water partition coefficient (Wildman–Crippen LogP) is 7.06. The Morgan fingerprint density at radius 1 is 0.759 bits per heavy atom. The molecule has 0 unspecified atom stereocenters. The minimum Gasteiger partial charge on any atom is -0.360 e. The van der Waals surface area contributed by atoms with Crippen molar-refractivity contribution < 1.29 is 4.79 Å². The largest absolute Gasteiger partial charge is 0.360 e. The SMILES string of the molecule is CCCCCCc1cc[nH]c1-c1ccc(-c2[nH]c(C=O)cc2CCCCCC)[nH]1. The Morgan fingerprint density at radius 2 is 1.41 bits per heavy atom. The molecule has 0 fully saturated rings. The second-order valence-corrected chi connectivity index (χ2v) is 8.03. The van der Waals surface area contributed by atoms with Crippen molar-refractivity contribution in [1.82, 2.24) is 15.0 Å². The first-order valence-corrected chi connectivity index (χ1v) is 11.3. The zero-order valence-corrected chi connectivity index (χ0v) is 17.9. The van der Waals surface area contributed by atoms with Gasteiger partial charge >= 0.3 is 0 Å². The van der Waals surface area contributed by atoms with E-state index in [0.717, 1.165) is 42.6 Å². The molecule has 3 N–H and O–H groups in total. The third-order valence-corrected chi connectivity index (χ3v) is 5.70. The van der Waals surface area contributed by atoms with Crippen molar-refractivity contribution in [1.29, 1.82) is 0 Å². The Bertz CT molecular complexity index is 884. The number of H-pyrrole nitrogens is 3. The number of rotatable bonds is 13. The van der Waals surface area contributed by atoms with E-state index in [-0.39, 0.29) is 0 Å². The summed E-state index contributed by atoms with van der Waals surface area (Å²) in [6.45, 7) is 4.47. The highest BCUT2D eigenvalue weighted by molar-refractivity contribution is 5.77. The molecule has 0 amide bonds. The van der Waals surface area contributed by atoms with Gasteiger partial charge in [0.25, 0.3) is 0 Å². The Hall–Kier alpha value is -2.49. The van der Waals surface area contributed by atoms with Crippen LogP contribution in [0.5, 0.6) is 0 Å². The maximum Gasteiger partial charge on any atom is 0.166 e. The Labute approximate surface area is 174 Å². The number of carbonyl (C=O) groups is 1. The monoisotopic (exact) mass is 393 g/mol. The molecule has 0 aliphatic heterocycles. The summed E-state index contributed by atoms with van der Waals surface area (Å²) in [5.74, 6) is 0. The van der Waals surface area contributed by atoms with E-state index in [4.69, 9.17) is 0 Å². The average molecular weight is 394 g/mol. The van der Waals surface area contributed by atoms with Gasteiger partial charge < -0.3 is 15.0 Å². The molecule has 4 heteroatoms. The van der Waals surface area contributed by atoms with Crippen LogP contribution in [0.25, 0.3) is 22.8 Å². The second kappa shape index (κ2) is 10.9. The van der Waals surface area contributed by atoms with Gasteiger partial charge in [0.1, 0.15) is 0 Å². The fraction of sp³-hybridized carbons (Fsp3) is 0.480. The minimum atomic E-state index is 0.651. The fourth-order valence-corrected chi connectivity index (χ4v) is 4.05. The van der Waals surface area contributed by atoms with Gasteiger partial charge in [-0.1, -0.05) is 52.4 Å². The van der Waals surface area contributed by atoms with Crippen molar-refractivity contribution in [3.05, 3.63) is 47.3 Å². The molecular weight excluding hydrogens is 358 g/mol. The normalized spacial score (nSPS) is 11.2. The molecule has 0 spiro atoms. The molecule has 0 saturated heterocycles. The zero-order valence-electron chi connectivity index (χ0n) is 17.9. The van der Waals surface area contributed by atoms with Crippen molar-refractivity contribution in [2.45, 2.75) is 78.1 Å². The van der Waals surface area contributed by atoms with Crippen molar-refractivity contribution in [3.63, 3.8) is 0 Å². The predicted molar refractivity (Wildman–Crippen MR) is 121 cm³/mol. The molecule has 0 atom stereocenters. The maximum absolute atomic E-state index is 11.3. The topological polar surface area (TPSA) is 64.4 Å². The van der Waals surface area contributed by atoms with E-state index in [9.17, 15) is 4.79 Å². The summed E-state index contributed by atoms with van der Waals surface area (Å²) in [4.78, 5) is 21.6. The average Bonchev–Trinajstić information content (AvgIpc) is 3.47. The highest BCUT2D eigenvalue weighted by Crippen LogP contribution is 2.29. The molecule has 0 aliphatic rings. The number of hydrogen-bond donors (Lipinski definition) is 3. The van der Waals surface area contributed by atoms with Crippen LogP contribution in [0, 0.1) is 0 Å². The summed E-state index contributed by atoms with van der Waals surface area (Å²) in [5.41, 5.74) is 7.63. The van der Waals surface area contributed by atoms with Gasteiger partial charge in [0.05, 0.1) is 28.5 Å². The van der Waals surface area contributed by atoms with Gasteiger partial charge in [0.2, 0.25) is 0 Å². The van der Waals surface area contributed by atoms with Gasteiger partial charge in [0.15, 0.2) is 6.29 Å². The first-order chi connectivity index (χ1) is 14.3. The first kappa shape index (κ1) is 21.2. The lowest BCUT2D eigenvalue weighted by Crippen LogP contribution is -1.90. The van der Waals surface area contributed by atoms with Crippen molar-refractivity contribution >= 4 is 6.29 Å². The van der Waals surface area contributed by atoms with Gasteiger partial charge in [-0.2, -0.15) is 0 Å². The lowest BCUT2D eigenvalue weighted by molar-refractivity contribution is 0.111. The van der Waals surface area contributed by atoms with Crippen LogP contribution in [0.4, 0.5) is 0 Å². The van der Waals surface area contributed by atoms with Crippen LogP contribution in [0.1, 0.15) is 86.8 Å². The lowest BCUT2D eigenvalue weighted by atomic mass is 10.1. The Kier molecular flexibility index (Phi) is 7.97. The summed E-state index contributed by atoms with van der Waals surface area (Å²) in [5, 5.41) is 0. The van der Waals surface area contributed by atoms with Crippen molar-refractivity contribution in [3.8, 4) is 22.8 Å². The molecule has 4 nitrogen and oxygen atoms in total. The number of aromatic amines is 3. The highest BCUT2D eigenvalue weighted by Gasteiger charge is 2.14. The smallest absolute Gasteiger partial charge is 0.166 e. The van der Waals surface area contributed by atoms with Gasteiger partial charge in [-0.3, -0.25) is 4.79 Å². The van der Waals surface area contributed by atoms with E-state index in [1.54, 1.807) is 0 Å². The quantitative estimate of drug-likeness (QED) is 0.211. The molecule has 0 radical (unpaired) electrons. The van der Waals surface area contributed by atoms with E-state index in [1.165, 1.54) is 61.8 Å². The number of aromatic nitrogens is 3. The summed E-state index contributed by atoms with van der Waals surface area (Å²) in [6, 6.07) is 8.45. The molecule has 156 valence electrons. The van der Waals surface area contributed by atoms with Gasteiger partial charge in [0, 0.05) is 6.20 Å². The standard InChI is InChI=1S/C25H35N3O/c1-3-5-7-9-11-19-15-16-26-24(19)22-13-14-23(28-22)25-20(12-10-8-6-4-2)17-21(18-29)27-25/h13-18,26-28H,3-12H2,1-2H3. The first-order valence-electron chi connectivity index (χ1n) is 11.3. The molecule has 29 heavy (non-hydrogen) atoms. The Balaban J connectivity index is 1.76. The molecule has 3 heterocycles. The molecule has 3 aromatic heterocycles. The molecular formula is C25H35N3O. The summed E-state index contributed by atoms with van der Waals surface area (Å²) in [7, 11) is 0. The van der Waals surface area contributed by atoms with Crippen LogP contribution < -0.4 is 0 Å². The van der Waals surface area contributed by atoms with Crippen LogP contribution in [-0.4, -0.2) is 21.2 Å². The van der Waals surface area contributed by atoms with E-state index < -0.39 is 0 Å². The third-order valence-electron chi connectivity index (χ3n) is 5.70. The molecule has 3 aromatic rings. The van der Waals surface area contributed by atoms with Crippen LogP contribution in [0.2, 0.25) is 0 Å². The number of aryl methyl sites for hydroxylation is 2. The Morgan fingerprint density at radius 3 is 2.07 bits per heavy atom. The van der Waals surface area contributed by atoms with E-state index in [2.05, 4.69) is 47.0 Å². The number of unbranched alkanes of at least 4 members (excludes halogenated alkanes) is 6. The molecule has 0 aromatic carbocycles. The summed E-state index contributed by atoms with van der Waals surface area (Å²) in [6.07, 6.45) is 15.0.